The minimum absolute atomic E-state index is 0.123. The number of amides is 1. The van der Waals surface area contributed by atoms with Crippen molar-refractivity contribution in [3.05, 3.63) is 54.1 Å². The van der Waals surface area contributed by atoms with Crippen LogP contribution in [0.25, 0.3) is 0 Å². The zero-order chi connectivity index (χ0) is 19.9. The molecule has 1 unspecified atom stereocenters. The van der Waals surface area contributed by atoms with Gasteiger partial charge in [0.1, 0.15) is 5.75 Å². The molecule has 28 heavy (non-hydrogen) atoms. The van der Waals surface area contributed by atoms with Crippen molar-refractivity contribution in [3.8, 4) is 17.2 Å². The van der Waals surface area contributed by atoms with Crippen molar-refractivity contribution in [2.45, 2.75) is 13.5 Å². The largest absolute Gasteiger partial charge is 0.484 e. The van der Waals surface area contributed by atoms with Crippen LogP contribution in [-0.4, -0.2) is 43.8 Å². The van der Waals surface area contributed by atoms with Crippen LogP contribution in [0, 0.1) is 5.92 Å². The van der Waals surface area contributed by atoms with E-state index in [0.29, 0.717) is 23.8 Å². The van der Waals surface area contributed by atoms with Gasteiger partial charge in [0.15, 0.2) is 18.1 Å². The Morgan fingerprint density at radius 3 is 2.61 bits per heavy atom. The molecule has 0 aromatic heterocycles. The number of ether oxygens (including phenoxy) is 4. The number of methoxy groups -OCH3 is 1. The second-order valence-corrected chi connectivity index (χ2v) is 6.49. The molecule has 148 valence electrons. The van der Waals surface area contributed by atoms with Crippen LogP contribution >= 0.6 is 0 Å². The predicted octanol–water partition coefficient (Wildman–Crippen LogP) is 2.63. The van der Waals surface area contributed by atoms with E-state index in [1.165, 1.54) is 7.11 Å². The second-order valence-electron chi connectivity index (χ2n) is 6.49. The lowest BCUT2D eigenvalue weighted by atomic mass is 10.1. The normalized spacial score (nSPS) is 12.9. The summed E-state index contributed by atoms with van der Waals surface area (Å²) in [6.45, 7) is 2.32. The molecule has 0 fully saturated rings. The number of hydrogen-bond acceptors (Lipinski definition) is 6. The van der Waals surface area contributed by atoms with Crippen molar-refractivity contribution in [2.75, 3.05) is 27.1 Å². The third-order valence-corrected chi connectivity index (χ3v) is 4.37. The standard InChI is InChI=1S/C21H23NO6/c1-15(21(24)25-2)11-22(20(23)13-26-17-6-4-3-5-7-17)12-16-8-9-18-19(10-16)28-14-27-18/h3-10,15H,11-14H2,1-2H3. The van der Waals surface area contributed by atoms with Crippen LogP contribution < -0.4 is 14.2 Å². The summed E-state index contributed by atoms with van der Waals surface area (Å²) in [5.41, 5.74) is 0.870. The Morgan fingerprint density at radius 1 is 1.11 bits per heavy atom. The Balaban J connectivity index is 1.70. The lowest BCUT2D eigenvalue weighted by Crippen LogP contribution is -2.39. The summed E-state index contributed by atoms with van der Waals surface area (Å²) in [6.07, 6.45) is 0. The maximum Gasteiger partial charge on any atom is 0.310 e. The summed E-state index contributed by atoms with van der Waals surface area (Å²) < 4.78 is 21.1. The first-order chi connectivity index (χ1) is 13.6. The maximum atomic E-state index is 12.8. The van der Waals surface area contributed by atoms with E-state index >= 15 is 0 Å². The lowest BCUT2D eigenvalue weighted by molar-refractivity contribution is -0.147. The second kappa shape index (κ2) is 9.12. The molecule has 2 aromatic rings. The van der Waals surface area contributed by atoms with E-state index in [1.54, 1.807) is 24.0 Å². The minimum atomic E-state index is -0.459. The summed E-state index contributed by atoms with van der Waals surface area (Å²) in [4.78, 5) is 26.2. The number of carbonyl (C=O) groups excluding carboxylic acids is 2. The van der Waals surface area contributed by atoms with E-state index in [1.807, 2.05) is 36.4 Å². The van der Waals surface area contributed by atoms with Crippen LogP contribution in [0.3, 0.4) is 0 Å². The first-order valence-electron chi connectivity index (χ1n) is 8.99. The van der Waals surface area contributed by atoms with E-state index < -0.39 is 5.92 Å². The van der Waals surface area contributed by atoms with E-state index in [0.717, 1.165) is 5.56 Å². The average molecular weight is 385 g/mol. The van der Waals surface area contributed by atoms with Crippen molar-refractivity contribution in [1.82, 2.24) is 4.90 Å². The van der Waals surface area contributed by atoms with Crippen LogP contribution in [-0.2, 0) is 20.9 Å². The Kier molecular flexibility index (Phi) is 6.37. The van der Waals surface area contributed by atoms with E-state index in [4.69, 9.17) is 18.9 Å². The number of benzene rings is 2. The van der Waals surface area contributed by atoms with Crippen molar-refractivity contribution >= 4 is 11.9 Å². The van der Waals surface area contributed by atoms with E-state index in [2.05, 4.69) is 0 Å². The molecular weight excluding hydrogens is 362 g/mol. The van der Waals surface area contributed by atoms with Gasteiger partial charge in [0.25, 0.3) is 5.91 Å². The van der Waals surface area contributed by atoms with Gasteiger partial charge < -0.3 is 23.8 Å². The highest BCUT2D eigenvalue weighted by Crippen LogP contribution is 2.32. The van der Waals surface area contributed by atoms with Gasteiger partial charge in [-0.1, -0.05) is 31.2 Å². The number of esters is 1. The predicted molar refractivity (Wildman–Crippen MR) is 101 cm³/mol. The van der Waals surface area contributed by atoms with Gasteiger partial charge in [-0.3, -0.25) is 9.59 Å². The zero-order valence-corrected chi connectivity index (χ0v) is 15.9. The molecule has 0 radical (unpaired) electrons. The van der Waals surface area contributed by atoms with E-state index in [9.17, 15) is 9.59 Å². The number of carbonyl (C=O) groups is 2. The molecule has 2 aromatic carbocycles. The molecule has 0 aliphatic carbocycles. The highest BCUT2D eigenvalue weighted by molar-refractivity contribution is 5.79. The average Bonchev–Trinajstić information content (AvgIpc) is 3.19. The molecule has 0 saturated carbocycles. The molecule has 1 amide bonds. The maximum absolute atomic E-state index is 12.8. The fraction of sp³-hybridized carbons (Fsp3) is 0.333. The summed E-state index contributed by atoms with van der Waals surface area (Å²) in [6, 6.07) is 14.6. The Bertz CT molecular complexity index is 823. The fourth-order valence-electron chi connectivity index (χ4n) is 2.87. The van der Waals surface area contributed by atoms with Crippen LogP contribution in [0.1, 0.15) is 12.5 Å². The number of rotatable bonds is 8. The molecule has 3 rings (SSSR count). The number of hydrogen-bond donors (Lipinski definition) is 0. The molecule has 7 nitrogen and oxygen atoms in total. The van der Waals surface area contributed by atoms with Gasteiger partial charge >= 0.3 is 5.97 Å². The number of para-hydroxylation sites is 1. The summed E-state index contributed by atoms with van der Waals surface area (Å²) in [5, 5.41) is 0. The zero-order valence-electron chi connectivity index (χ0n) is 15.9. The quantitative estimate of drug-likeness (QED) is 0.651. The first kappa shape index (κ1) is 19.5. The molecule has 0 saturated heterocycles. The van der Waals surface area contributed by atoms with Gasteiger partial charge in [-0.25, -0.2) is 0 Å². The molecule has 1 atom stereocenters. The summed E-state index contributed by atoms with van der Waals surface area (Å²) >= 11 is 0. The third-order valence-electron chi connectivity index (χ3n) is 4.37. The first-order valence-corrected chi connectivity index (χ1v) is 8.99. The molecule has 1 heterocycles. The molecular formula is C21H23NO6. The summed E-state index contributed by atoms with van der Waals surface area (Å²) in [5.74, 6) is 0.882. The van der Waals surface area contributed by atoms with Gasteiger partial charge in [0.2, 0.25) is 6.79 Å². The van der Waals surface area contributed by atoms with Gasteiger partial charge in [0, 0.05) is 13.1 Å². The molecule has 0 spiro atoms. The van der Waals surface area contributed by atoms with Crippen LogP contribution in [0.4, 0.5) is 0 Å². The van der Waals surface area contributed by atoms with Gasteiger partial charge in [0.05, 0.1) is 13.0 Å². The third kappa shape index (κ3) is 4.94. The topological polar surface area (TPSA) is 74.3 Å². The van der Waals surface area contributed by atoms with Crippen molar-refractivity contribution in [1.29, 1.82) is 0 Å². The highest BCUT2D eigenvalue weighted by Gasteiger charge is 2.23. The fourth-order valence-corrected chi connectivity index (χ4v) is 2.87. The molecule has 1 aliphatic rings. The molecule has 1 aliphatic heterocycles. The van der Waals surface area contributed by atoms with Crippen LogP contribution in [0.2, 0.25) is 0 Å². The molecule has 0 N–H and O–H groups in total. The number of nitrogens with zero attached hydrogens (tertiary/aromatic N) is 1. The van der Waals surface area contributed by atoms with Gasteiger partial charge in [-0.15, -0.1) is 0 Å². The van der Waals surface area contributed by atoms with Gasteiger partial charge in [-0.2, -0.15) is 0 Å². The smallest absolute Gasteiger partial charge is 0.310 e. The van der Waals surface area contributed by atoms with Crippen LogP contribution in [0.15, 0.2) is 48.5 Å². The van der Waals surface area contributed by atoms with Gasteiger partial charge in [-0.05, 0) is 29.8 Å². The Labute approximate surface area is 163 Å². The monoisotopic (exact) mass is 385 g/mol. The Hall–Kier alpha value is -3.22. The molecule has 0 bridgehead atoms. The highest BCUT2D eigenvalue weighted by atomic mass is 16.7. The lowest BCUT2D eigenvalue weighted by Gasteiger charge is -2.25. The van der Waals surface area contributed by atoms with Crippen molar-refractivity contribution in [2.24, 2.45) is 5.92 Å². The summed E-state index contributed by atoms with van der Waals surface area (Å²) in [7, 11) is 1.33. The van der Waals surface area contributed by atoms with E-state index in [-0.39, 0.29) is 31.8 Å². The minimum Gasteiger partial charge on any atom is -0.484 e. The number of fused-ring (bicyclic) bond motifs is 1. The van der Waals surface area contributed by atoms with Crippen LogP contribution in [0.5, 0.6) is 17.2 Å². The van der Waals surface area contributed by atoms with Crippen molar-refractivity contribution < 1.29 is 28.5 Å². The van der Waals surface area contributed by atoms with Crippen molar-refractivity contribution in [3.63, 3.8) is 0 Å². The molecule has 7 heteroatoms. The SMILES string of the molecule is COC(=O)C(C)CN(Cc1ccc2c(c1)OCO2)C(=O)COc1ccccc1. The Morgan fingerprint density at radius 2 is 1.86 bits per heavy atom.